The number of halogens is 1. The predicted molar refractivity (Wildman–Crippen MR) is 103 cm³/mol. The van der Waals surface area contributed by atoms with Crippen molar-refractivity contribution >= 4 is 17.4 Å². The van der Waals surface area contributed by atoms with Gasteiger partial charge in [0, 0.05) is 36.1 Å². The first-order valence-corrected chi connectivity index (χ1v) is 9.54. The maximum atomic E-state index is 13.1. The Hall–Kier alpha value is -1.85. The number of carbonyl (C=O) groups excluding carboxylic acids is 1. The van der Waals surface area contributed by atoms with Gasteiger partial charge in [-0.05, 0) is 44.5 Å². The van der Waals surface area contributed by atoms with E-state index in [1.54, 1.807) is 25.3 Å². The molecule has 2 heterocycles. The van der Waals surface area contributed by atoms with Crippen LogP contribution >= 0.6 is 11.6 Å². The van der Waals surface area contributed by atoms with Gasteiger partial charge in [0.1, 0.15) is 11.6 Å². The lowest BCUT2D eigenvalue weighted by molar-refractivity contribution is 0.0807. The highest BCUT2D eigenvalue weighted by Crippen LogP contribution is 2.29. The van der Waals surface area contributed by atoms with E-state index in [-0.39, 0.29) is 11.7 Å². The highest BCUT2D eigenvalue weighted by molar-refractivity contribution is 6.31. The van der Waals surface area contributed by atoms with E-state index >= 15 is 0 Å². The van der Waals surface area contributed by atoms with Crippen molar-refractivity contribution < 1.29 is 9.53 Å². The Balaban J connectivity index is 1.73. The maximum Gasteiger partial charge on any atom is 0.170 e. The zero-order valence-corrected chi connectivity index (χ0v) is 16.4. The number of carbonyl (C=O) groups is 1. The Labute approximate surface area is 159 Å². The van der Waals surface area contributed by atoms with Gasteiger partial charge in [-0.3, -0.25) is 9.69 Å². The molecule has 0 saturated carbocycles. The number of imidazole rings is 1. The normalized spacial score (nSPS) is 18.1. The van der Waals surface area contributed by atoms with Crippen molar-refractivity contribution in [1.29, 1.82) is 0 Å². The monoisotopic (exact) mass is 375 g/mol. The van der Waals surface area contributed by atoms with Crippen molar-refractivity contribution in [3.8, 4) is 5.75 Å². The molecule has 3 rings (SSSR count). The maximum absolute atomic E-state index is 13.1. The number of Topliss-reactive ketones (excluding diaryl/α,β-unsaturated/α-hetero) is 1. The highest BCUT2D eigenvalue weighted by atomic mass is 35.5. The summed E-state index contributed by atoms with van der Waals surface area (Å²) in [4.78, 5) is 23.4. The third-order valence-electron chi connectivity index (χ3n) is 5.05. The van der Waals surface area contributed by atoms with Crippen LogP contribution in [-0.4, -0.2) is 40.9 Å². The number of hydrogen-bond donors (Lipinski definition) is 1. The molecule has 0 aliphatic carbocycles. The van der Waals surface area contributed by atoms with E-state index in [0.717, 1.165) is 56.1 Å². The van der Waals surface area contributed by atoms with Crippen LogP contribution in [0.4, 0.5) is 0 Å². The quantitative estimate of drug-likeness (QED) is 0.774. The fourth-order valence-electron chi connectivity index (χ4n) is 3.60. The minimum Gasteiger partial charge on any atom is -0.496 e. The number of aromatic nitrogens is 2. The molecule has 1 N–H and O–H groups in total. The molecule has 2 aromatic rings. The van der Waals surface area contributed by atoms with Crippen LogP contribution in [0.5, 0.6) is 5.75 Å². The molecule has 5 nitrogen and oxygen atoms in total. The second-order valence-corrected chi connectivity index (χ2v) is 7.33. The lowest BCUT2D eigenvalue weighted by Gasteiger charge is -2.31. The Bertz CT molecular complexity index is 787. The Morgan fingerprint density at radius 1 is 1.46 bits per heavy atom. The number of methoxy groups -OCH3 is 1. The number of H-pyrrole nitrogens is 1. The molecule has 0 spiro atoms. The highest BCUT2D eigenvalue weighted by Gasteiger charge is 2.29. The minimum absolute atomic E-state index is 0.0407. The number of aromatic amines is 1. The van der Waals surface area contributed by atoms with Crippen molar-refractivity contribution in [2.45, 2.75) is 39.7 Å². The van der Waals surface area contributed by atoms with Crippen LogP contribution in [0.25, 0.3) is 0 Å². The molecule has 1 aromatic carbocycles. The molecule has 1 aliphatic heterocycles. The standard InChI is InChI=1S/C20H26ClN3O2/c1-4-19-22-13(2)17(23-19)12-24-9-5-6-14(11-24)20(25)16-10-15(21)7-8-18(16)26-3/h7-8,10,14H,4-6,9,11-12H2,1-3H3,(H,22,23). The van der Waals surface area contributed by atoms with Crippen LogP contribution in [0.3, 0.4) is 0 Å². The molecule has 0 radical (unpaired) electrons. The largest absolute Gasteiger partial charge is 0.496 e. The SMILES string of the molecule is CCc1nc(CN2CCCC(C(=O)c3cc(Cl)ccc3OC)C2)c(C)[nH]1. The van der Waals surface area contributed by atoms with E-state index in [1.165, 1.54) is 0 Å². The molecule has 26 heavy (non-hydrogen) atoms. The van der Waals surface area contributed by atoms with Crippen LogP contribution in [0.2, 0.25) is 5.02 Å². The number of hydrogen-bond acceptors (Lipinski definition) is 4. The first-order chi connectivity index (χ1) is 12.5. The lowest BCUT2D eigenvalue weighted by atomic mass is 9.89. The van der Waals surface area contributed by atoms with E-state index in [2.05, 4.69) is 28.7 Å². The first kappa shape index (κ1) is 18.9. The number of aryl methyl sites for hydroxylation is 2. The number of piperidine rings is 1. The molecule has 1 unspecified atom stereocenters. The van der Waals surface area contributed by atoms with E-state index in [1.807, 2.05) is 0 Å². The summed E-state index contributed by atoms with van der Waals surface area (Å²) in [6.07, 6.45) is 2.80. The minimum atomic E-state index is -0.0407. The average molecular weight is 376 g/mol. The Morgan fingerprint density at radius 3 is 2.96 bits per heavy atom. The van der Waals surface area contributed by atoms with Crippen LogP contribution in [-0.2, 0) is 13.0 Å². The molecule has 0 bridgehead atoms. The van der Waals surface area contributed by atoms with Gasteiger partial charge in [-0.25, -0.2) is 4.98 Å². The third kappa shape index (κ3) is 4.10. The molecule has 1 fully saturated rings. The molecular weight excluding hydrogens is 350 g/mol. The summed E-state index contributed by atoms with van der Waals surface area (Å²) in [5.41, 5.74) is 2.78. The van der Waals surface area contributed by atoms with Crippen molar-refractivity contribution in [1.82, 2.24) is 14.9 Å². The van der Waals surface area contributed by atoms with Gasteiger partial charge in [0.2, 0.25) is 0 Å². The smallest absolute Gasteiger partial charge is 0.170 e. The van der Waals surface area contributed by atoms with E-state index in [4.69, 9.17) is 16.3 Å². The molecule has 0 amide bonds. The van der Waals surface area contributed by atoms with E-state index in [0.29, 0.717) is 16.3 Å². The van der Waals surface area contributed by atoms with Gasteiger partial charge in [-0.2, -0.15) is 0 Å². The second-order valence-electron chi connectivity index (χ2n) is 6.89. The Morgan fingerprint density at radius 2 is 2.27 bits per heavy atom. The summed E-state index contributed by atoms with van der Waals surface area (Å²) < 4.78 is 5.36. The summed E-state index contributed by atoms with van der Waals surface area (Å²) in [6, 6.07) is 5.22. The molecule has 6 heteroatoms. The fourth-order valence-corrected chi connectivity index (χ4v) is 3.77. The molecule has 1 saturated heterocycles. The van der Waals surface area contributed by atoms with Crippen LogP contribution in [0.1, 0.15) is 47.3 Å². The summed E-state index contributed by atoms with van der Waals surface area (Å²) >= 11 is 6.10. The number of benzene rings is 1. The van der Waals surface area contributed by atoms with Crippen molar-refractivity contribution in [3.05, 3.63) is 46.0 Å². The van der Waals surface area contributed by atoms with E-state index in [9.17, 15) is 4.79 Å². The number of ether oxygens (including phenoxy) is 1. The number of likely N-dealkylation sites (tertiary alicyclic amines) is 1. The van der Waals surface area contributed by atoms with Gasteiger partial charge in [-0.15, -0.1) is 0 Å². The van der Waals surface area contributed by atoms with Gasteiger partial charge < -0.3 is 9.72 Å². The number of rotatable bonds is 6. The van der Waals surface area contributed by atoms with Gasteiger partial charge >= 0.3 is 0 Å². The summed E-state index contributed by atoms with van der Waals surface area (Å²) in [7, 11) is 1.58. The van der Waals surface area contributed by atoms with Gasteiger partial charge in [-0.1, -0.05) is 18.5 Å². The van der Waals surface area contributed by atoms with Gasteiger partial charge in [0.25, 0.3) is 0 Å². The second kappa shape index (κ2) is 8.23. The lowest BCUT2D eigenvalue weighted by Crippen LogP contribution is -2.38. The number of ketones is 1. The van der Waals surface area contributed by atoms with Crippen molar-refractivity contribution in [2.24, 2.45) is 5.92 Å². The van der Waals surface area contributed by atoms with E-state index < -0.39 is 0 Å². The predicted octanol–water partition coefficient (Wildman–Crippen LogP) is 4.04. The number of nitrogens with one attached hydrogen (secondary N) is 1. The average Bonchev–Trinajstić information content (AvgIpc) is 3.01. The molecule has 140 valence electrons. The van der Waals surface area contributed by atoms with Crippen molar-refractivity contribution in [2.75, 3.05) is 20.2 Å². The summed E-state index contributed by atoms with van der Waals surface area (Å²) in [5, 5.41) is 0.557. The molecule has 1 aromatic heterocycles. The zero-order chi connectivity index (χ0) is 18.7. The van der Waals surface area contributed by atoms with Gasteiger partial charge in [0.15, 0.2) is 5.78 Å². The summed E-state index contributed by atoms with van der Waals surface area (Å²) in [5.74, 6) is 1.68. The van der Waals surface area contributed by atoms with Gasteiger partial charge in [0.05, 0.1) is 18.4 Å². The zero-order valence-electron chi connectivity index (χ0n) is 15.6. The molecule has 1 atom stereocenters. The van der Waals surface area contributed by atoms with Crippen LogP contribution in [0.15, 0.2) is 18.2 Å². The van der Waals surface area contributed by atoms with Crippen LogP contribution in [0, 0.1) is 12.8 Å². The van der Waals surface area contributed by atoms with Crippen LogP contribution < -0.4 is 4.74 Å². The fraction of sp³-hybridized carbons (Fsp3) is 0.500. The molecular formula is C20H26ClN3O2. The first-order valence-electron chi connectivity index (χ1n) is 9.16. The van der Waals surface area contributed by atoms with Crippen molar-refractivity contribution in [3.63, 3.8) is 0 Å². The third-order valence-corrected chi connectivity index (χ3v) is 5.28. The molecule has 1 aliphatic rings. The Kier molecular flexibility index (Phi) is 5.99. The summed E-state index contributed by atoms with van der Waals surface area (Å²) in [6.45, 7) is 6.66. The number of nitrogens with zero attached hydrogens (tertiary/aromatic N) is 2. The topological polar surface area (TPSA) is 58.2 Å².